The minimum absolute atomic E-state index is 0.0905. The predicted molar refractivity (Wildman–Crippen MR) is 117 cm³/mol. The second-order valence-electron chi connectivity index (χ2n) is 7.99. The number of amides is 2. The molecule has 1 aliphatic rings. The van der Waals surface area contributed by atoms with E-state index in [9.17, 15) is 9.18 Å². The number of rotatable bonds is 4. The molecule has 2 N–H and O–H groups in total. The Morgan fingerprint density at radius 1 is 1.23 bits per heavy atom. The van der Waals surface area contributed by atoms with Gasteiger partial charge >= 0.3 is 6.03 Å². The van der Waals surface area contributed by atoms with Gasteiger partial charge in [-0.3, -0.25) is 0 Å². The number of nitriles is 1. The van der Waals surface area contributed by atoms with E-state index in [1.165, 1.54) is 12.1 Å². The summed E-state index contributed by atoms with van der Waals surface area (Å²) in [4.78, 5) is 14.8. The molecule has 1 fully saturated rings. The number of hydrogen-bond donors (Lipinski definition) is 2. The zero-order chi connectivity index (χ0) is 22.0. The fourth-order valence-electron chi connectivity index (χ4n) is 4.14. The summed E-state index contributed by atoms with van der Waals surface area (Å²) in [5, 5.41) is 15.6. The lowest BCUT2D eigenvalue weighted by atomic mass is 10.0. The molecule has 1 aliphatic heterocycles. The van der Waals surface area contributed by atoms with E-state index >= 15 is 0 Å². The van der Waals surface area contributed by atoms with Crippen LogP contribution >= 0.6 is 0 Å². The van der Waals surface area contributed by atoms with E-state index < -0.39 is 0 Å². The second-order valence-corrected chi connectivity index (χ2v) is 7.99. The molecule has 0 bridgehead atoms. The third kappa shape index (κ3) is 4.48. The van der Waals surface area contributed by atoms with Gasteiger partial charge in [0, 0.05) is 35.8 Å². The van der Waals surface area contributed by atoms with Gasteiger partial charge in [-0.1, -0.05) is 0 Å². The molecule has 2 heterocycles. The Balaban J connectivity index is 1.31. The number of carbonyl (C=O) groups excluding carboxylic acids is 1. The van der Waals surface area contributed by atoms with Crippen molar-refractivity contribution in [1.82, 2.24) is 10.6 Å². The molecule has 1 aromatic heterocycles. The Morgan fingerprint density at radius 2 is 1.94 bits per heavy atom. The number of urea groups is 1. The van der Waals surface area contributed by atoms with Crippen LogP contribution in [-0.4, -0.2) is 25.2 Å². The molecule has 1 saturated heterocycles. The van der Waals surface area contributed by atoms with Crippen LogP contribution in [0, 0.1) is 24.1 Å². The SMILES string of the molecule is Cc1c(C(C)NC(=O)NC2CCN(c3ccc(C#N)cc3)CC2)oc2ccc(F)cc12. The number of hydrogen-bond acceptors (Lipinski definition) is 4. The number of nitrogens with zero attached hydrogens (tertiary/aromatic N) is 2. The first-order valence-corrected chi connectivity index (χ1v) is 10.5. The van der Waals surface area contributed by atoms with E-state index in [0.29, 0.717) is 16.9 Å². The molecule has 0 radical (unpaired) electrons. The highest BCUT2D eigenvalue weighted by molar-refractivity contribution is 5.82. The van der Waals surface area contributed by atoms with Crippen molar-refractivity contribution in [2.24, 2.45) is 0 Å². The average molecular weight is 420 g/mol. The van der Waals surface area contributed by atoms with Crippen LogP contribution < -0.4 is 15.5 Å². The van der Waals surface area contributed by atoms with E-state index in [-0.39, 0.29) is 23.9 Å². The minimum Gasteiger partial charge on any atom is -0.459 e. The van der Waals surface area contributed by atoms with Gasteiger partial charge in [-0.15, -0.1) is 0 Å². The summed E-state index contributed by atoms with van der Waals surface area (Å²) < 4.78 is 19.4. The smallest absolute Gasteiger partial charge is 0.315 e. The molecule has 1 unspecified atom stereocenters. The van der Waals surface area contributed by atoms with Gasteiger partial charge in [0.2, 0.25) is 0 Å². The average Bonchev–Trinajstić information content (AvgIpc) is 3.10. The van der Waals surface area contributed by atoms with Crippen LogP contribution in [0.15, 0.2) is 46.9 Å². The van der Waals surface area contributed by atoms with Gasteiger partial charge in [-0.2, -0.15) is 5.26 Å². The number of piperidine rings is 1. The second kappa shape index (κ2) is 8.68. The number of fused-ring (bicyclic) bond motifs is 1. The zero-order valence-corrected chi connectivity index (χ0v) is 17.6. The lowest BCUT2D eigenvalue weighted by Crippen LogP contribution is -2.48. The van der Waals surface area contributed by atoms with Gasteiger partial charge in [-0.25, -0.2) is 9.18 Å². The van der Waals surface area contributed by atoms with Gasteiger partial charge < -0.3 is 20.0 Å². The highest BCUT2D eigenvalue weighted by atomic mass is 19.1. The number of aryl methyl sites for hydroxylation is 1. The Kier molecular flexibility index (Phi) is 5.81. The third-order valence-electron chi connectivity index (χ3n) is 5.87. The summed E-state index contributed by atoms with van der Waals surface area (Å²) in [6.07, 6.45) is 1.68. The summed E-state index contributed by atoms with van der Waals surface area (Å²) in [6, 6.07) is 13.6. The fraction of sp³-hybridized carbons (Fsp3) is 0.333. The third-order valence-corrected chi connectivity index (χ3v) is 5.87. The largest absolute Gasteiger partial charge is 0.459 e. The maximum absolute atomic E-state index is 13.5. The standard InChI is InChI=1S/C24H25FN4O2/c1-15-21-13-18(25)5-8-22(21)31-23(15)16(2)27-24(30)28-19-9-11-29(12-10-19)20-6-3-17(14-26)4-7-20/h3-8,13,16,19H,9-12H2,1-2H3,(H2,27,28,30). The number of furan rings is 1. The molecule has 31 heavy (non-hydrogen) atoms. The Morgan fingerprint density at radius 3 is 2.61 bits per heavy atom. The Labute approximate surface area is 180 Å². The van der Waals surface area contributed by atoms with Crippen LogP contribution in [0.3, 0.4) is 0 Å². The molecular formula is C24H25FN4O2. The van der Waals surface area contributed by atoms with Crippen molar-refractivity contribution in [3.05, 3.63) is 65.2 Å². The molecule has 0 saturated carbocycles. The van der Waals surface area contributed by atoms with Crippen molar-refractivity contribution in [3.8, 4) is 6.07 Å². The van der Waals surface area contributed by atoms with Crippen molar-refractivity contribution in [3.63, 3.8) is 0 Å². The maximum atomic E-state index is 13.5. The van der Waals surface area contributed by atoms with E-state index in [4.69, 9.17) is 9.68 Å². The molecular weight excluding hydrogens is 395 g/mol. The van der Waals surface area contributed by atoms with Gasteiger partial charge in [0.1, 0.15) is 17.2 Å². The topological polar surface area (TPSA) is 81.3 Å². The van der Waals surface area contributed by atoms with Crippen LogP contribution in [0.5, 0.6) is 0 Å². The van der Waals surface area contributed by atoms with Crippen molar-refractivity contribution in [2.45, 2.75) is 38.8 Å². The van der Waals surface area contributed by atoms with Crippen molar-refractivity contribution < 1.29 is 13.6 Å². The normalized spacial score (nSPS) is 15.5. The summed E-state index contributed by atoms with van der Waals surface area (Å²) in [6.45, 7) is 5.39. The van der Waals surface area contributed by atoms with E-state index in [1.54, 1.807) is 6.07 Å². The van der Waals surface area contributed by atoms with E-state index in [0.717, 1.165) is 42.6 Å². The first-order valence-electron chi connectivity index (χ1n) is 10.5. The predicted octanol–water partition coefficient (Wildman–Crippen LogP) is 4.78. The van der Waals surface area contributed by atoms with Crippen LogP contribution in [0.1, 0.15) is 42.7 Å². The highest BCUT2D eigenvalue weighted by Crippen LogP contribution is 2.30. The molecule has 3 aromatic rings. The van der Waals surface area contributed by atoms with Crippen LogP contribution in [0.25, 0.3) is 11.0 Å². The first kappa shape index (κ1) is 20.7. The van der Waals surface area contributed by atoms with Gasteiger partial charge in [0.25, 0.3) is 0 Å². The van der Waals surface area contributed by atoms with Crippen molar-refractivity contribution in [1.29, 1.82) is 5.26 Å². The molecule has 160 valence electrons. The quantitative estimate of drug-likeness (QED) is 0.636. The van der Waals surface area contributed by atoms with Gasteiger partial charge in [0.15, 0.2) is 0 Å². The Hall–Kier alpha value is -3.53. The number of carbonyl (C=O) groups is 1. The van der Waals surface area contributed by atoms with Crippen LogP contribution in [0.4, 0.5) is 14.9 Å². The summed E-state index contributed by atoms with van der Waals surface area (Å²) in [5.41, 5.74) is 3.18. The summed E-state index contributed by atoms with van der Waals surface area (Å²) >= 11 is 0. The van der Waals surface area contributed by atoms with E-state index in [2.05, 4.69) is 21.6 Å². The summed E-state index contributed by atoms with van der Waals surface area (Å²) in [7, 11) is 0. The van der Waals surface area contributed by atoms with Crippen LogP contribution in [-0.2, 0) is 0 Å². The number of halogens is 1. The molecule has 2 amide bonds. The lowest BCUT2D eigenvalue weighted by molar-refractivity contribution is 0.230. The Bertz CT molecular complexity index is 1120. The minimum atomic E-state index is -0.339. The lowest BCUT2D eigenvalue weighted by Gasteiger charge is -2.34. The van der Waals surface area contributed by atoms with Crippen molar-refractivity contribution >= 4 is 22.7 Å². The van der Waals surface area contributed by atoms with Crippen molar-refractivity contribution in [2.75, 3.05) is 18.0 Å². The van der Waals surface area contributed by atoms with Gasteiger partial charge in [0.05, 0.1) is 17.7 Å². The molecule has 2 aromatic carbocycles. The summed E-state index contributed by atoms with van der Waals surface area (Å²) in [5.74, 6) is 0.319. The number of benzene rings is 2. The van der Waals surface area contributed by atoms with E-state index in [1.807, 2.05) is 38.1 Å². The van der Waals surface area contributed by atoms with Crippen LogP contribution in [0.2, 0.25) is 0 Å². The molecule has 0 aliphatic carbocycles. The maximum Gasteiger partial charge on any atom is 0.315 e. The monoisotopic (exact) mass is 420 g/mol. The molecule has 7 heteroatoms. The van der Waals surface area contributed by atoms with Gasteiger partial charge in [-0.05, 0) is 69.2 Å². The number of nitrogens with one attached hydrogen (secondary N) is 2. The fourth-order valence-corrected chi connectivity index (χ4v) is 4.14. The molecule has 6 nitrogen and oxygen atoms in total. The zero-order valence-electron chi connectivity index (χ0n) is 17.6. The molecule has 1 atom stereocenters. The highest BCUT2D eigenvalue weighted by Gasteiger charge is 2.23. The molecule has 0 spiro atoms. The molecule has 4 rings (SSSR count). The first-order chi connectivity index (χ1) is 14.9. The number of anilines is 1.